The van der Waals surface area contributed by atoms with E-state index in [0.29, 0.717) is 15.8 Å². The Morgan fingerprint density at radius 3 is 2.74 bits per heavy atom. The molecule has 0 aliphatic carbocycles. The molecule has 6 nitrogen and oxygen atoms in total. The summed E-state index contributed by atoms with van der Waals surface area (Å²) in [6, 6.07) is 10.0. The molecule has 1 aliphatic heterocycles. The van der Waals surface area contributed by atoms with Gasteiger partial charge in [-0.1, -0.05) is 17.7 Å². The van der Waals surface area contributed by atoms with Gasteiger partial charge < -0.3 is 15.2 Å². The van der Waals surface area contributed by atoms with Crippen LogP contribution in [0.25, 0.3) is 6.08 Å². The van der Waals surface area contributed by atoms with Crippen molar-refractivity contribution in [3.05, 3.63) is 63.0 Å². The van der Waals surface area contributed by atoms with Crippen LogP contribution < -0.4 is 10.1 Å². The molecular weight excluding hydrogens is 388 g/mol. The summed E-state index contributed by atoms with van der Waals surface area (Å²) >= 11 is 7.04. The lowest BCUT2D eigenvalue weighted by atomic mass is 10.1. The summed E-state index contributed by atoms with van der Waals surface area (Å²) in [7, 11) is 1.61. The van der Waals surface area contributed by atoms with E-state index in [0.717, 1.165) is 16.9 Å². The molecule has 1 heterocycles. The van der Waals surface area contributed by atoms with Crippen LogP contribution in [-0.4, -0.2) is 29.3 Å². The molecule has 3 rings (SSSR count). The van der Waals surface area contributed by atoms with Crippen molar-refractivity contribution in [1.82, 2.24) is 5.32 Å². The number of amides is 1. The van der Waals surface area contributed by atoms with E-state index < -0.39 is 5.97 Å². The van der Waals surface area contributed by atoms with E-state index >= 15 is 0 Å². The molecule has 1 saturated heterocycles. The number of hydrogen-bond donors (Lipinski definition) is 2. The topological polar surface area (TPSA) is 88.0 Å². The smallest absolute Gasteiger partial charge is 0.337 e. The molecule has 0 spiro atoms. The molecule has 0 bridgehead atoms. The van der Waals surface area contributed by atoms with Crippen LogP contribution in [0.2, 0.25) is 5.02 Å². The molecule has 0 unspecified atom stereocenters. The number of aromatic carboxylic acids is 1. The molecule has 0 radical (unpaired) electrons. The number of rotatable bonds is 4. The fourth-order valence-corrected chi connectivity index (χ4v) is 3.53. The van der Waals surface area contributed by atoms with E-state index in [1.165, 1.54) is 23.9 Å². The number of amidine groups is 1. The summed E-state index contributed by atoms with van der Waals surface area (Å²) in [5.74, 6) is -0.625. The summed E-state index contributed by atoms with van der Waals surface area (Å²) in [4.78, 5) is 28.1. The van der Waals surface area contributed by atoms with Gasteiger partial charge in [0.05, 0.1) is 28.3 Å². The van der Waals surface area contributed by atoms with Gasteiger partial charge in [0.1, 0.15) is 5.75 Å². The predicted octanol–water partition coefficient (Wildman–Crippen LogP) is 4.25. The maximum Gasteiger partial charge on any atom is 0.337 e. The Hall–Kier alpha value is -2.77. The first kappa shape index (κ1) is 19.0. The molecule has 138 valence electrons. The molecule has 0 aromatic heterocycles. The Morgan fingerprint density at radius 1 is 1.30 bits per heavy atom. The van der Waals surface area contributed by atoms with Crippen molar-refractivity contribution in [3.63, 3.8) is 0 Å². The number of thioether (sulfide) groups is 1. The minimum Gasteiger partial charge on any atom is -0.496 e. The lowest BCUT2D eigenvalue weighted by molar-refractivity contribution is -0.115. The van der Waals surface area contributed by atoms with Crippen LogP contribution in [0.5, 0.6) is 5.75 Å². The van der Waals surface area contributed by atoms with E-state index in [9.17, 15) is 9.59 Å². The molecule has 8 heteroatoms. The number of carbonyl (C=O) groups excluding carboxylic acids is 1. The molecule has 2 N–H and O–H groups in total. The summed E-state index contributed by atoms with van der Waals surface area (Å²) in [6.45, 7) is 1.93. The second-order valence-electron chi connectivity index (χ2n) is 5.68. The van der Waals surface area contributed by atoms with Crippen molar-refractivity contribution in [3.8, 4) is 5.75 Å². The van der Waals surface area contributed by atoms with Crippen molar-refractivity contribution < 1.29 is 19.4 Å². The van der Waals surface area contributed by atoms with Gasteiger partial charge in [-0.2, -0.15) is 0 Å². The van der Waals surface area contributed by atoms with Gasteiger partial charge in [0, 0.05) is 0 Å². The number of aliphatic imine (C=N–C) groups is 1. The number of ether oxygens (including phenoxy) is 1. The van der Waals surface area contributed by atoms with Gasteiger partial charge in [-0.15, -0.1) is 0 Å². The molecule has 2 aromatic rings. The lowest BCUT2D eigenvalue weighted by Gasteiger charge is -2.04. The second-order valence-corrected chi connectivity index (χ2v) is 7.12. The first-order valence-corrected chi connectivity index (χ1v) is 9.04. The highest BCUT2D eigenvalue weighted by atomic mass is 35.5. The van der Waals surface area contributed by atoms with Crippen LogP contribution >= 0.6 is 23.4 Å². The van der Waals surface area contributed by atoms with Crippen LogP contribution in [0.3, 0.4) is 0 Å². The van der Waals surface area contributed by atoms with E-state index in [1.54, 1.807) is 19.3 Å². The normalized spacial score (nSPS) is 16.6. The van der Waals surface area contributed by atoms with Gasteiger partial charge in [0.2, 0.25) is 0 Å². The van der Waals surface area contributed by atoms with Gasteiger partial charge in [0.25, 0.3) is 5.91 Å². The Balaban J connectivity index is 1.85. The van der Waals surface area contributed by atoms with Crippen LogP contribution in [0.1, 0.15) is 21.5 Å². The number of carboxylic acid groups (broad SMARTS) is 1. The van der Waals surface area contributed by atoms with Crippen molar-refractivity contribution in [2.75, 3.05) is 7.11 Å². The average molecular weight is 403 g/mol. The third-order valence-corrected chi connectivity index (χ3v) is 5.02. The Labute approximate surface area is 164 Å². The number of carboxylic acids is 1. The number of nitrogens with zero attached hydrogens (tertiary/aromatic N) is 1. The zero-order chi connectivity index (χ0) is 19.6. The fraction of sp³-hybridized carbons (Fsp3) is 0.105. The van der Waals surface area contributed by atoms with E-state index in [1.807, 2.05) is 25.1 Å². The van der Waals surface area contributed by atoms with Crippen LogP contribution in [-0.2, 0) is 4.79 Å². The van der Waals surface area contributed by atoms with Gasteiger partial charge in [-0.25, -0.2) is 9.79 Å². The van der Waals surface area contributed by atoms with E-state index in [-0.39, 0.29) is 16.5 Å². The zero-order valence-corrected chi connectivity index (χ0v) is 16.0. The number of hydrogen-bond acceptors (Lipinski definition) is 5. The molecule has 1 amide bonds. The summed E-state index contributed by atoms with van der Waals surface area (Å²) in [5.41, 5.74) is 2.18. The molecular formula is C19H15ClN2O4S. The highest BCUT2D eigenvalue weighted by molar-refractivity contribution is 8.18. The highest BCUT2D eigenvalue weighted by Gasteiger charge is 2.24. The number of nitrogens with one attached hydrogen (secondary N) is 1. The number of halogens is 1. The molecule has 1 fully saturated rings. The highest BCUT2D eigenvalue weighted by Crippen LogP contribution is 2.30. The SMILES string of the molecule is COc1ccc(/C=C2\SC(=Nc3ccc(Cl)c(C(=O)O)c3)NC2=O)cc1C. The quantitative estimate of drug-likeness (QED) is 0.746. The number of aryl methyl sites for hydroxylation is 1. The van der Waals surface area contributed by atoms with Gasteiger partial charge in [-0.05, 0) is 66.2 Å². The third-order valence-electron chi connectivity index (χ3n) is 3.78. The van der Waals surface area contributed by atoms with E-state index in [4.69, 9.17) is 21.4 Å². The predicted molar refractivity (Wildman–Crippen MR) is 107 cm³/mol. The molecule has 0 atom stereocenters. The van der Waals surface area contributed by atoms with Crippen LogP contribution in [0.4, 0.5) is 5.69 Å². The summed E-state index contributed by atoms with van der Waals surface area (Å²) < 4.78 is 5.23. The summed E-state index contributed by atoms with van der Waals surface area (Å²) in [5, 5.41) is 12.3. The van der Waals surface area contributed by atoms with Crippen LogP contribution in [0, 0.1) is 6.92 Å². The first-order valence-electron chi connectivity index (χ1n) is 7.84. The Morgan fingerprint density at radius 2 is 2.07 bits per heavy atom. The maximum atomic E-state index is 12.2. The number of benzene rings is 2. The standard InChI is InChI=1S/C19H15ClN2O4S/c1-10-7-11(3-6-15(10)26-2)8-16-17(23)22-19(27-16)21-12-4-5-14(20)13(9-12)18(24)25/h3-9H,1-2H3,(H,24,25)(H,21,22,23)/b16-8-. The van der Waals surface area contributed by atoms with Crippen molar-refractivity contribution >= 4 is 52.2 Å². The molecule has 2 aromatic carbocycles. The minimum atomic E-state index is -1.14. The minimum absolute atomic E-state index is 0.0442. The summed E-state index contributed by atoms with van der Waals surface area (Å²) in [6.07, 6.45) is 1.76. The van der Waals surface area contributed by atoms with Crippen molar-refractivity contribution in [2.24, 2.45) is 4.99 Å². The zero-order valence-electron chi connectivity index (χ0n) is 14.4. The lowest BCUT2D eigenvalue weighted by Crippen LogP contribution is -2.19. The van der Waals surface area contributed by atoms with Gasteiger partial charge in [0.15, 0.2) is 5.17 Å². The molecule has 0 saturated carbocycles. The third kappa shape index (κ3) is 4.32. The Kier molecular flexibility index (Phi) is 5.53. The molecule has 27 heavy (non-hydrogen) atoms. The number of carbonyl (C=O) groups is 2. The van der Waals surface area contributed by atoms with Gasteiger partial charge in [-0.3, -0.25) is 4.79 Å². The van der Waals surface area contributed by atoms with E-state index in [2.05, 4.69) is 10.3 Å². The number of methoxy groups -OCH3 is 1. The van der Waals surface area contributed by atoms with Crippen LogP contribution in [0.15, 0.2) is 46.3 Å². The second kappa shape index (κ2) is 7.85. The van der Waals surface area contributed by atoms with Crippen molar-refractivity contribution in [1.29, 1.82) is 0 Å². The Bertz CT molecular complexity index is 1000. The largest absolute Gasteiger partial charge is 0.496 e. The first-order chi connectivity index (χ1) is 12.9. The molecule has 1 aliphatic rings. The van der Waals surface area contributed by atoms with Gasteiger partial charge >= 0.3 is 5.97 Å². The maximum absolute atomic E-state index is 12.2. The monoisotopic (exact) mass is 402 g/mol. The van der Waals surface area contributed by atoms with Crippen molar-refractivity contribution in [2.45, 2.75) is 6.92 Å². The fourth-order valence-electron chi connectivity index (χ4n) is 2.49. The average Bonchev–Trinajstić information content (AvgIpc) is 2.95.